The van der Waals surface area contributed by atoms with E-state index in [2.05, 4.69) is 10.3 Å². The van der Waals surface area contributed by atoms with Crippen LogP contribution in [0.3, 0.4) is 0 Å². The van der Waals surface area contributed by atoms with Crippen LogP contribution in [-0.2, 0) is 9.59 Å². The summed E-state index contributed by atoms with van der Waals surface area (Å²) >= 11 is 1.59. The van der Waals surface area contributed by atoms with Crippen LogP contribution in [0.4, 0.5) is 11.4 Å². The average molecular weight is 395 g/mol. The largest absolute Gasteiger partial charge is 0.478 e. The number of aromatic nitrogens is 1. The fourth-order valence-electron chi connectivity index (χ4n) is 3.35. The number of para-hydroxylation sites is 1. The molecule has 1 unspecified atom stereocenters. The molecule has 4 rings (SSSR count). The minimum absolute atomic E-state index is 0.0152. The molecular weight excluding hydrogens is 378 g/mol. The number of thiazole rings is 1. The first-order chi connectivity index (χ1) is 13.4. The summed E-state index contributed by atoms with van der Waals surface area (Å²) in [6.45, 7) is 2.18. The Morgan fingerprint density at radius 1 is 1.25 bits per heavy atom. The summed E-state index contributed by atoms with van der Waals surface area (Å²) in [5.74, 6) is -2.18. The quantitative estimate of drug-likeness (QED) is 0.706. The Balaban J connectivity index is 1.52. The number of carboxylic acids is 1. The Kier molecular flexibility index (Phi) is 4.56. The van der Waals surface area contributed by atoms with Gasteiger partial charge in [0.05, 0.1) is 32.4 Å². The van der Waals surface area contributed by atoms with E-state index in [-0.39, 0.29) is 36.0 Å². The molecule has 1 aliphatic heterocycles. The number of fused-ring (bicyclic) bond motifs is 1. The molecule has 1 aliphatic rings. The fraction of sp³-hybridized carbons (Fsp3) is 0.200. The van der Waals surface area contributed by atoms with Crippen molar-refractivity contribution < 1.29 is 19.5 Å². The van der Waals surface area contributed by atoms with Crippen molar-refractivity contribution in [3.05, 3.63) is 53.0 Å². The summed E-state index contributed by atoms with van der Waals surface area (Å²) < 4.78 is 1.05. The van der Waals surface area contributed by atoms with Gasteiger partial charge in [-0.1, -0.05) is 12.1 Å². The van der Waals surface area contributed by atoms with Gasteiger partial charge < -0.3 is 15.3 Å². The molecule has 7 nitrogen and oxygen atoms in total. The third-order valence-electron chi connectivity index (χ3n) is 4.70. The Labute approximate surface area is 164 Å². The number of carboxylic acid groups (broad SMARTS) is 1. The number of hydrogen-bond donors (Lipinski definition) is 2. The summed E-state index contributed by atoms with van der Waals surface area (Å²) in [6.07, 6.45) is 0.0786. The molecule has 2 N–H and O–H groups in total. The van der Waals surface area contributed by atoms with Crippen molar-refractivity contribution in [2.75, 3.05) is 16.8 Å². The Morgan fingerprint density at radius 3 is 2.82 bits per heavy atom. The maximum atomic E-state index is 12.6. The number of anilines is 2. The lowest BCUT2D eigenvalue weighted by atomic mass is 10.1. The van der Waals surface area contributed by atoms with Crippen molar-refractivity contribution in [3.63, 3.8) is 0 Å². The molecular formula is C20H17N3O4S. The topological polar surface area (TPSA) is 99.6 Å². The zero-order chi connectivity index (χ0) is 19.8. The highest BCUT2D eigenvalue weighted by Crippen LogP contribution is 2.30. The molecule has 0 spiro atoms. The first-order valence-corrected chi connectivity index (χ1v) is 9.55. The average Bonchev–Trinajstić information content (AvgIpc) is 3.23. The van der Waals surface area contributed by atoms with Crippen LogP contribution in [0.15, 0.2) is 42.5 Å². The smallest absolute Gasteiger partial charge is 0.337 e. The third kappa shape index (κ3) is 3.34. The minimum atomic E-state index is -1.12. The molecule has 142 valence electrons. The van der Waals surface area contributed by atoms with E-state index in [1.54, 1.807) is 28.4 Å². The molecule has 1 fully saturated rings. The van der Waals surface area contributed by atoms with Crippen LogP contribution in [0, 0.1) is 12.8 Å². The summed E-state index contributed by atoms with van der Waals surface area (Å²) in [5, 5.41) is 12.8. The number of nitrogens with zero attached hydrogens (tertiary/aromatic N) is 2. The number of carbonyl (C=O) groups is 3. The van der Waals surface area contributed by atoms with Crippen molar-refractivity contribution in [2.45, 2.75) is 13.3 Å². The molecule has 1 atom stereocenters. The fourth-order valence-corrected chi connectivity index (χ4v) is 4.15. The molecule has 0 aliphatic carbocycles. The van der Waals surface area contributed by atoms with Crippen LogP contribution in [-0.4, -0.2) is 34.4 Å². The Morgan fingerprint density at radius 2 is 2.04 bits per heavy atom. The Bertz CT molecular complexity index is 1110. The first kappa shape index (κ1) is 18.1. The summed E-state index contributed by atoms with van der Waals surface area (Å²) in [6, 6.07) is 11.9. The number of aromatic carboxylic acids is 1. The molecule has 0 radical (unpaired) electrons. The lowest BCUT2D eigenvalue weighted by Crippen LogP contribution is -2.28. The number of amides is 2. The molecule has 2 aromatic carbocycles. The maximum absolute atomic E-state index is 12.6. The molecule has 3 aromatic rings. The highest BCUT2D eigenvalue weighted by molar-refractivity contribution is 7.18. The van der Waals surface area contributed by atoms with Crippen molar-refractivity contribution in [1.29, 1.82) is 0 Å². The first-order valence-electron chi connectivity index (χ1n) is 8.73. The van der Waals surface area contributed by atoms with Crippen molar-refractivity contribution in [1.82, 2.24) is 4.98 Å². The molecule has 1 aromatic heterocycles. The van der Waals surface area contributed by atoms with Gasteiger partial charge in [0.2, 0.25) is 11.8 Å². The van der Waals surface area contributed by atoms with E-state index < -0.39 is 11.9 Å². The number of rotatable bonds is 4. The predicted molar refractivity (Wildman–Crippen MR) is 107 cm³/mol. The summed E-state index contributed by atoms with van der Waals surface area (Å²) in [5.41, 5.74) is 1.78. The van der Waals surface area contributed by atoms with Gasteiger partial charge in [0.1, 0.15) is 0 Å². The molecule has 0 saturated carbocycles. The van der Waals surface area contributed by atoms with Gasteiger partial charge in [-0.3, -0.25) is 9.59 Å². The predicted octanol–water partition coefficient (Wildman–Crippen LogP) is 3.29. The van der Waals surface area contributed by atoms with Crippen LogP contribution in [0.1, 0.15) is 21.8 Å². The Hall–Kier alpha value is -3.26. The van der Waals surface area contributed by atoms with E-state index in [4.69, 9.17) is 0 Å². The number of carbonyl (C=O) groups excluding carboxylic acids is 2. The lowest BCUT2D eigenvalue weighted by molar-refractivity contribution is -0.122. The van der Waals surface area contributed by atoms with E-state index in [1.807, 2.05) is 25.1 Å². The second-order valence-electron chi connectivity index (χ2n) is 6.63. The maximum Gasteiger partial charge on any atom is 0.337 e. The summed E-state index contributed by atoms with van der Waals surface area (Å²) in [7, 11) is 0. The number of hydrogen-bond acceptors (Lipinski definition) is 5. The van der Waals surface area contributed by atoms with Gasteiger partial charge in [-0.25, -0.2) is 9.78 Å². The van der Waals surface area contributed by atoms with Crippen molar-refractivity contribution >= 4 is 50.7 Å². The SMILES string of the molecule is Cc1nc2cc(N3CC(C(=O)Nc4ccccc4C(=O)O)CC3=O)ccc2s1. The molecule has 0 bridgehead atoms. The van der Waals surface area contributed by atoms with E-state index in [1.165, 1.54) is 12.1 Å². The van der Waals surface area contributed by atoms with E-state index in [9.17, 15) is 19.5 Å². The van der Waals surface area contributed by atoms with E-state index in [0.717, 1.165) is 15.2 Å². The number of nitrogens with one attached hydrogen (secondary N) is 1. The number of aryl methyl sites for hydroxylation is 1. The second-order valence-corrected chi connectivity index (χ2v) is 7.87. The van der Waals surface area contributed by atoms with Gasteiger partial charge in [0, 0.05) is 18.7 Å². The third-order valence-corrected chi connectivity index (χ3v) is 5.65. The van der Waals surface area contributed by atoms with Crippen molar-refractivity contribution in [3.8, 4) is 0 Å². The highest BCUT2D eigenvalue weighted by Gasteiger charge is 2.35. The van der Waals surface area contributed by atoms with Crippen LogP contribution in [0.25, 0.3) is 10.2 Å². The van der Waals surface area contributed by atoms with Crippen molar-refractivity contribution in [2.24, 2.45) is 5.92 Å². The molecule has 8 heteroatoms. The monoisotopic (exact) mass is 395 g/mol. The standard InChI is InChI=1S/C20H17N3O4S/c1-11-21-16-9-13(6-7-17(16)28-11)23-10-12(8-18(23)24)19(25)22-15-5-3-2-4-14(15)20(26)27/h2-7,9,12H,8,10H2,1H3,(H,22,25)(H,26,27). The van der Waals surface area contributed by atoms with E-state index >= 15 is 0 Å². The minimum Gasteiger partial charge on any atom is -0.478 e. The van der Waals surface area contributed by atoms with Gasteiger partial charge in [0.15, 0.2) is 0 Å². The lowest BCUT2D eigenvalue weighted by Gasteiger charge is -2.17. The van der Waals surface area contributed by atoms with Crippen LogP contribution in [0.5, 0.6) is 0 Å². The van der Waals surface area contributed by atoms with Gasteiger partial charge >= 0.3 is 5.97 Å². The van der Waals surface area contributed by atoms with Crippen LogP contribution < -0.4 is 10.2 Å². The number of benzene rings is 2. The molecule has 1 saturated heterocycles. The van der Waals surface area contributed by atoms with Crippen LogP contribution >= 0.6 is 11.3 Å². The van der Waals surface area contributed by atoms with E-state index in [0.29, 0.717) is 5.69 Å². The van der Waals surface area contributed by atoms with Crippen LogP contribution in [0.2, 0.25) is 0 Å². The second kappa shape index (κ2) is 7.05. The zero-order valence-electron chi connectivity index (χ0n) is 15.0. The summed E-state index contributed by atoms with van der Waals surface area (Å²) in [4.78, 5) is 42.5. The van der Waals surface area contributed by atoms with Gasteiger partial charge in [-0.15, -0.1) is 11.3 Å². The normalized spacial score (nSPS) is 16.5. The zero-order valence-corrected chi connectivity index (χ0v) is 15.8. The molecule has 2 amide bonds. The molecule has 28 heavy (non-hydrogen) atoms. The highest BCUT2D eigenvalue weighted by atomic mass is 32.1. The molecule has 2 heterocycles. The van der Waals surface area contributed by atoms with Gasteiger partial charge in [0.25, 0.3) is 0 Å². The van der Waals surface area contributed by atoms with Gasteiger partial charge in [-0.05, 0) is 37.3 Å². The van der Waals surface area contributed by atoms with Gasteiger partial charge in [-0.2, -0.15) is 0 Å².